The highest BCUT2D eigenvalue weighted by molar-refractivity contribution is 7.80. The predicted octanol–water partition coefficient (Wildman–Crippen LogP) is 2.43. The largest absolute Gasteiger partial charge is 0.392 e. The van der Waals surface area contributed by atoms with Crippen LogP contribution in [0.5, 0.6) is 0 Å². The van der Waals surface area contributed by atoms with Crippen LogP contribution in [0.1, 0.15) is 31.4 Å². The molecule has 0 aliphatic carbocycles. The van der Waals surface area contributed by atoms with Crippen LogP contribution in [-0.2, 0) is 13.0 Å². The molecule has 2 rings (SSSR count). The predicted molar refractivity (Wildman–Crippen MR) is 93.5 cm³/mol. The van der Waals surface area contributed by atoms with Crippen LogP contribution in [0, 0.1) is 0 Å². The maximum absolute atomic E-state index is 5.84. The van der Waals surface area contributed by atoms with Gasteiger partial charge in [-0.3, -0.25) is 9.80 Å². The normalized spacial score (nSPS) is 18.6. The third-order valence-corrected chi connectivity index (χ3v) is 4.67. The van der Waals surface area contributed by atoms with E-state index in [9.17, 15) is 0 Å². The molecule has 1 unspecified atom stereocenters. The van der Waals surface area contributed by atoms with Crippen molar-refractivity contribution < 1.29 is 0 Å². The van der Waals surface area contributed by atoms with E-state index in [0.29, 0.717) is 4.99 Å². The van der Waals surface area contributed by atoms with Crippen molar-refractivity contribution in [1.82, 2.24) is 9.80 Å². The number of piperazine rings is 1. The molecule has 0 aromatic heterocycles. The Morgan fingerprint density at radius 2 is 1.67 bits per heavy atom. The molecule has 1 aromatic rings. The molecule has 1 aromatic carbocycles. The lowest BCUT2D eigenvalue weighted by atomic mass is 10.1. The summed E-state index contributed by atoms with van der Waals surface area (Å²) in [6.07, 6.45) is 2.12. The van der Waals surface area contributed by atoms with Crippen molar-refractivity contribution in [2.75, 3.05) is 26.2 Å². The van der Waals surface area contributed by atoms with Gasteiger partial charge in [-0.25, -0.2) is 0 Å². The monoisotopic (exact) mass is 305 g/mol. The average Bonchev–Trinajstić information content (AvgIpc) is 2.50. The number of benzene rings is 1. The number of hydrogen-bond donors (Lipinski definition) is 1. The van der Waals surface area contributed by atoms with Crippen LogP contribution in [0.4, 0.5) is 0 Å². The number of thiocarbonyl (C=S) groups is 1. The lowest BCUT2D eigenvalue weighted by molar-refractivity contribution is 0.112. The summed E-state index contributed by atoms with van der Waals surface area (Å²) in [5, 5.41) is 0. The second-order valence-corrected chi connectivity index (χ2v) is 6.28. The molecule has 1 aliphatic rings. The van der Waals surface area contributed by atoms with Crippen LogP contribution in [-0.4, -0.2) is 47.0 Å². The number of rotatable bonds is 6. The van der Waals surface area contributed by atoms with Crippen molar-refractivity contribution in [3.63, 3.8) is 0 Å². The highest BCUT2D eigenvalue weighted by Crippen LogP contribution is 2.13. The first-order valence-corrected chi connectivity index (χ1v) is 8.38. The quantitative estimate of drug-likeness (QED) is 0.818. The molecule has 4 heteroatoms. The summed E-state index contributed by atoms with van der Waals surface area (Å²) >= 11 is 5.18. The first kappa shape index (κ1) is 16.4. The van der Waals surface area contributed by atoms with E-state index in [2.05, 4.69) is 47.9 Å². The Hall–Kier alpha value is -0.970. The Morgan fingerprint density at radius 1 is 1.10 bits per heavy atom. The Balaban J connectivity index is 1.84. The lowest BCUT2D eigenvalue weighted by Crippen LogP contribution is -2.53. The van der Waals surface area contributed by atoms with Gasteiger partial charge in [0.15, 0.2) is 0 Å². The average molecular weight is 305 g/mol. The van der Waals surface area contributed by atoms with Gasteiger partial charge in [0.05, 0.1) is 11.0 Å². The number of hydrogen-bond acceptors (Lipinski definition) is 3. The van der Waals surface area contributed by atoms with E-state index in [0.717, 1.165) is 45.6 Å². The van der Waals surface area contributed by atoms with E-state index >= 15 is 0 Å². The van der Waals surface area contributed by atoms with Crippen molar-refractivity contribution in [3.05, 3.63) is 35.4 Å². The first-order valence-electron chi connectivity index (χ1n) is 7.97. The van der Waals surface area contributed by atoms with E-state index in [1.807, 2.05) is 0 Å². The van der Waals surface area contributed by atoms with Gasteiger partial charge < -0.3 is 5.73 Å². The van der Waals surface area contributed by atoms with Gasteiger partial charge in [-0.2, -0.15) is 0 Å². The van der Waals surface area contributed by atoms with Crippen LogP contribution in [0.2, 0.25) is 0 Å². The highest BCUT2D eigenvalue weighted by atomic mass is 32.1. The van der Waals surface area contributed by atoms with Crippen LogP contribution < -0.4 is 5.73 Å². The van der Waals surface area contributed by atoms with E-state index in [1.54, 1.807) is 0 Å². The van der Waals surface area contributed by atoms with E-state index < -0.39 is 0 Å². The molecule has 0 saturated carbocycles. The van der Waals surface area contributed by atoms with Gasteiger partial charge >= 0.3 is 0 Å². The fourth-order valence-corrected chi connectivity index (χ4v) is 3.33. The van der Waals surface area contributed by atoms with Gasteiger partial charge in [0.2, 0.25) is 0 Å². The summed E-state index contributed by atoms with van der Waals surface area (Å²) in [4.78, 5) is 5.59. The van der Waals surface area contributed by atoms with Gasteiger partial charge in [-0.15, -0.1) is 0 Å². The van der Waals surface area contributed by atoms with Crippen molar-refractivity contribution in [2.45, 2.75) is 39.3 Å². The van der Waals surface area contributed by atoms with Gasteiger partial charge in [0.25, 0.3) is 0 Å². The summed E-state index contributed by atoms with van der Waals surface area (Å²) in [5.41, 5.74) is 8.65. The summed E-state index contributed by atoms with van der Waals surface area (Å²) < 4.78 is 0. The molecule has 21 heavy (non-hydrogen) atoms. The van der Waals surface area contributed by atoms with Gasteiger partial charge in [0, 0.05) is 32.7 Å². The van der Waals surface area contributed by atoms with Crippen molar-refractivity contribution in [3.8, 4) is 0 Å². The summed E-state index contributed by atoms with van der Waals surface area (Å²) in [7, 11) is 0. The van der Waals surface area contributed by atoms with Gasteiger partial charge in [-0.05, 0) is 24.0 Å². The molecule has 0 amide bonds. The van der Waals surface area contributed by atoms with Crippen LogP contribution in [0.25, 0.3) is 0 Å². The molecule has 1 aliphatic heterocycles. The van der Waals surface area contributed by atoms with Crippen LogP contribution in [0.3, 0.4) is 0 Å². The Morgan fingerprint density at radius 3 is 2.14 bits per heavy atom. The van der Waals surface area contributed by atoms with Crippen molar-refractivity contribution in [1.29, 1.82) is 0 Å². The minimum Gasteiger partial charge on any atom is -0.392 e. The minimum atomic E-state index is 0.269. The molecule has 0 bridgehead atoms. The SMILES string of the molecule is CCc1ccc(CN2CCN(C(CC)C(N)=S)CC2)cc1. The Labute approximate surface area is 134 Å². The molecule has 116 valence electrons. The van der Waals surface area contributed by atoms with Crippen LogP contribution in [0.15, 0.2) is 24.3 Å². The minimum absolute atomic E-state index is 0.269. The summed E-state index contributed by atoms with van der Waals surface area (Å²) in [6, 6.07) is 9.27. The van der Waals surface area contributed by atoms with E-state index in [1.165, 1.54) is 11.1 Å². The smallest absolute Gasteiger partial charge is 0.0901 e. The molecular weight excluding hydrogens is 278 g/mol. The Bertz CT molecular complexity index is 450. The molecule has 1 fully saturated rings. The van der Waals surface area contributed by atoms with Crippen molar-refractivity contribution >= 4 is 17.2 Å². The summed E-state index contributed by atoms with van der Waals surface area (Å²) in [5.74, 6) is 0. The van der Waals surface area contributed by atoms with Crippen molar-refractivity contribution in [2.24, 2.45) is 5.73 Å². The molecule has 1 atom stereocenters. The molecule has 1 heterocycles. The standard InChI is InChI=1S/C17H27N3S/c1-3-14-5-7-15(8-6-14)13-19-9-11-20(12-10-19)16(4-2)17(18)21/h5-8,16H,3-4,9-13H2,1-2H3,(H2,18,21). The molecule has 0 spiro atoms. The fourth-order valence-electron chi connectivity index (χ4n) is 3.01. The fraction of sp³-hybridized carbons (Fsp3) is 0.588. The molecule has 1 saturated heterocycles. The second kappa shape index (κ2) is 7.87. The zero-order chi connectivity index (χ0) is 15.2. The molecular formula is C17H27N3S. The zero-order valence-corrected chi connectivity index (χ0v) is 14.0. The van der Waals surface area contributed by atoms with E-state index in [-0.39, 0.29) is 6.04 Å². The summed E-state index contributed by atoms with van der Waals surface area (Å²) in [6.45, 7) is 9.70. The van der Waals surface area contributed by atoms with Gasteiger partial charge in [0.1, 0.15) is 0 Å². The number of aryl methyl sites for hydroxylation is 1. The highest BCUT2D eigenvalue weighted by Gasteiger charge is 2.24. The topological polar surface area (TPSA) is 32.5 Å². The number of nitrogens with zero attached hydrogens (tertiary/aromatic N) is 2. The van der Waals surface area contributed by atoms with E-state index in [4.69, 9.17) is 18.0 Å². The maximum atomic E-state index is 5.84. The number of nitrogens with two attached hydrogens (primary N) is 1. The molecule has 0 radical (unpaired) electrons. The maximum Gasteiger partial charge on any atom is 0.0901 e. The van der Waals surface area contributed by atoms with Crippen LogP contribution >= 0.6 is 12.2 Å². The lowest BCUT2D eigenvalue weighted by Gasteiger charge is -2.38. The molecule has 2 N–H and O–H groups in total. The molecule has 3 nitrogen and oxygen atoms in total. The second-order valence-electron chi connectivity index (χ2n) is 5.81. The van der Waals surface area contributed by atoms with Gasteiger partial charge in [-0.1, -0.05) is 50.3 Å². The Kier molecular flexibility index (Phi) is 6.15. The zero-order valence-electron chi connectivity index (χ0n) is 13.2. The third kappa shape index (κ3) is 4.50. The first-order chi connectivity index (χ1) is 10.1. The third-order valence-electron chi connectivity index (χ3n) is 4.40.